The van der Waals surface area contributed by atoms with Crippen LogP contribution in [0.5, 0.6) is 0 Å². The van der Waals surface area contributed by atoms with Gasteiger partial charge >= 0.3 is 5.97 Å². The average molecular weight is 292 g/mol. The molecule has 0 atom stereocenters. The minimum Gasteiger partial charge on any atom is -0.465 e. The Balaban J connectivity index is 1.94. The number of nitrogens with zero attached hydrogens (tertiary/aromatic N) is 3. The maximum Gasteiger partial charge on any atom is 0.348 e. The molecule has 0 aliphatic heterocycles. The Morgan fingerprint density at radius 1 is 1.35 bits per heavy atom. The van der Waals surface area contributed by atoms with Crippen molar-refractivity contribution in [1.82, 2.24) is 9.97 Å². The summed E-state index contributed by atoms with van der Waals surface area (Å²) in [5.41, 5.74) is 0.976. The molecule has 2 heterocycles. The molecule has 0 saturated carbocycles. The second kappa shape index (κ2) is 6.33. The molecule has 0 aliphatic carbocycles. The van der Waals surface area contributed by atoms with Crippen LogP contribution in [0, 0.1) is 0 Å². The predicted octanol–water partition coefficient (Wildman–Crippen LogP) is 2.00. The highest BCUT2D eigenvalue weighted by Crippen LogP contribution is 2.23. The normalized spacial score (nSPS) is 10.2. The number of hydrogen-bond donors (Lipinski definition) is 1. The smallest absolute Gasteiger partial charge is 0.348 e. The van der Waals surface area contributed by atoms with Crippen LogP contribution in [0.25, 0.3) is 0 Å². The summed E-state index contributed by atoms with van der Waals surface area (Å²) in [5.74, 6) is 0.361. The molecule has 0 fully saturated rings. The number of nitrogens with one attached hydrogen (secondary N) is 1. The minimum atomic E-state index is -0.318. The summed E-state index contributed by atoms with van der Waals surface area (Å²) < 4.78 is 4.67. The third kappa shape index (κ3) is 3.45. The Bertz CT molecular complexity index is 580. The lowest BCUT2D eigenvalue weighted by atomic mass is 10.3. The lowest BCUT2D eigenvalue weighted by Crippen LogP contribution is -2.12. The Morgan fingerprint density at radius 3 is 2.65 bits per heavy atom. The van der Waals surface area contributed by atoms with Crippen LogP contribution < -0.4 is 10.2 Å². The van der Waals surface area contributed by atoms with Crippen molar-refractivity contribution in [2.24, 2.45) is 0 Å². The van der Waals surface area contributed by atoms with Gasteiger partial charge in [0.05, 0.1) is 12.1 Å². The first-order valence-electron chi connectivity index (χ1n) is 6.00. The average Bonchev–Trinajstić information content (AvgIpc) is 2.93. The standard InChI is InChI=1S/C13H16N4O2S/c1-17(2)13-15-7-9(8-16-13)6-14-11-5-4-10(20-11)12(18)19-3/h4-5,7-8,14H,6H2,1-3H3. The predicted molar refractivity (Wildman–Crippen MR) is 79.3 cm³/mol. The van der Waals surface area contributed by atoms with Crippen LogP contribution in [0.4, 0.5) is 10.9 Å². The minimum absolute atomic E-state index is 0.318. The van der Waals surface area contributed by atoms with Crippen molar-refractivity contribution >= 4 is 28.3 Å². The zero-order valence-electron chi connectivity index (χ0n) is 11.6. The van der Waals surface area contributed by atoms with Gasteiger partial charge in [0.25, 0.3) is 0 Å². The summed E-state index contributed by atoms with van der Waals surface area (Å²) in [5, 5.41) is 4.13. The lowest BCUT2D eigenvalue weighted by Gasteiger charge is -2.10. The van der Waals surface area contributed by atoms with E-state index in [0.29, 0.717) is 17.4 Å². The monoisotopic (exact) mass is 292 g/mol. The van der Waals surface area contributed by atoms with E-state index >= 15 is 0 Å². The van der Waals surface area contributed by atoms with E-state index in [-0.39, 0.29) is 5.97 Å². The molecule has 20 heavy (non-hydrogen) atoms. The van der Waals surface area contributed by atoms with E-state index in [1.807, 2.05) is 25.1 Å². The third-order valence-corrected chi connectivity index (χ3v) is 3.57. The SMILES string of the molecule is COC(=O)c1ccc(NCc2cnc(N(C)C)nc2)s1. The van der Waals surface area contributed by atoms with Gasteiger partial charge in [-0.1, -0.05) is 0 Å². The molecule has 106 valence electrons. The second-order valence-corrected chi connectivity index (χ2v) is 5.38. The molecule has 0 bridgehead atoms. The molecule has 0 aromatic carbocycles. The van der Waals surface area contributed by atoms with Crippen molar-refractivity contribution < 1.29 is 9.53 Å². The van der Waals surface area contributed by atoms with Crippen LogP contribution in [-0.2, 0) is 11.3 Å². The van der Waals surface area contributed by atoms with Crippen molar-refractivity contribution in [1.29, 1.82) is 0 Å². The van der Waals surface area contributed by atoms with Crippen molar-refractivity contribution in [2.45, 2.75) is 6.54 Å². The molecule has 0 radical (unpaired) electrons. The van der Waals surface area contributed by atoms with Crippen LogP contribution in [0.1, 0.15) is 15.2 Å². The van der Waals surface area contributed by atoms with Gasteiger partial charge in [0.2, 0.25) is 5.95 Å². The Labute approximate surface area is 121 Å². The van der Waals surface area contributed by atoms with E-state index in [9.17, 15) is 4.79 Å². The first-order chi connectivity index (χ1) is 9.60. The van der Waals surface area contributed by atoms with E-state index < -0.39 is 0 Å². The van der Waals surface area contributed by atoms with Crippen LogP contribution in [0.15, 0.2) is 24.5 Å². The van der Waals surface area contributed by atoms with Crippen molar-refractivity contribution in [3.05, 3.63) is 35.0 Å². The number of hydrogen-bond acceptors (Lipinski definition) is 7. The first-order valence-corrected chi connectivity index (χ1v) is 6.82. The quantitative estimate of drug-likeness (QED) is 0.850. The van der Waals surface area contributed by atoms with Crippen molar-refractivity contribution in [3.8, 4) is 0 Å². The van der Waals surface area contributed by atoms with Gasteiger partial charge in [-0.3, -0.25) is 0 Å². The number of carbonyl (C=O) groups excluding carboxylic acids is 1. The highest BCUT2D eigenvalue weighted by Gasteiger charge is 2.08. The van der Waals surface area contributed by atoms with Gasteiger partial charge in [-0.25, -0.2) is 14.8 Å². The summed E-state index contributed by atoms with van der Waals surface area (Å²) in [4.78, 5) is 22.2. The van der Waals surface area contributed by atoms with Gasteiger partial charge in [-0.15, -0.1) is 11.3 Å². The number of aromatic nitrogens is 2. The van der Waals surface area contributed by atoms with Gasteiger partial charge in [-0.2, -0.15) is 0 Å². The summed E-state index contributed by atoms with van der Waals surface area (Å²) >= 11 is 1.36. The van der Waals surface area contributed by atoms with Gasteiger partial charge in [0.1, 0.15) is 4.88 Å². The molecule has 0 unspecified atom stereocenters. The maximum atomic E-state index is 11.3. The Morgan fingerprint density at radius 2 is 2.05 bits per heavy atom. The zero-order valence-corrected chi connectivity index (χ0v) is 12.4. The molecular formula is C13H16N4O2S. The number of thiophene rings is 1. The van der Waals surface area contributed by atoms with Crippen LogP contribution in [0.2, 0.25) is 0 Å². The van der Waals surface area contributed by atoms with E-state index in [2.05, 4.69) is 20.0 Å². The molecule has 2 aromatic heterocycles. The van der Waals surface area contributed by atoms with Gasteiger partial charge in [0, 0.05) is 38.6 Å². The molecule has 0 aliphatic rings. The van der Waals surface area contributed by atoms with E-state index in [1.54, 1.807) is 18.5 Å². The number of rotatable bonds is 5. The number of ether oxygens (including phenoxy) is 1. The fourth-order valence-corrected chi connectivity index (χ4v) is 2.32. The molecule has 2 aromatic rings. The van der Waals surface area contributed by atoms with Crippen molar-refractivity contribution in [2.75, 3.05) is 31.4 Å². The van der Waals surface area contributed by atoms with Gasteiger partial charge < -0.3 is 15.0 Å². The molecule has 1 N–H and O–H groups in total. The van der Waals surface area contributed by atoms with Crippen LogP contribution >= 0.6 is 11.3 Å². The number of methoxy groups -OCH3 is 1. The number of esters is 1. The highest BCUT2D eigenvalue weighted by atomic mass is 32.1. The fraction of sp³-hybridized carbons (Fsp3) is 0.308. The fourth-order valence-electron chi connectivity index (χ4n) is 1.50. The van der Waals surface area contributed by atoms with Gasteiger partial charge in [0.15, 0.2) is 0 Å². The molecule has 7 heteroatoms. The Hall–Kier alpha value is -2.15. The molecule has 0 saturated heterocycles. The van der Waals surface area contributed by atoms with Gasteiger partial charge in [-0.05, 0) is 12.1 Å². The zero-order chi connectivity index (χ0) is 14.5. The van der Waals surface area contributed by atoms with Crippen LogP contribution in [-0.4, -0.2) is 37.1 Å². The van der Waals surface area contributed by atoms with Crippen molar-refractivity contribution in [3.63, 3.8) is 0 Å². The Kier molecular flexibility index (Phi) is 4.52. The highest BCUT2D eigenvalue weighted by molar-refractivity contribution is 7.17. The topological polar surface area (TPSA) is 67.3 Å². The molecule has 0 spiro atoms. The molecule has 2 rings (SSSR count). The summed E-state index contributed by atoms with van der Waals surface area (Å²) in [6.07, 6.45) is 3.56. The number of anilines is 2. The second-order valence-electron chi connectivity index (χ2n) is 4.29. The van der Waals surface area contributed by atoms with Crippen LogP contribution in [0.3, 0.4) is 0 Å². The largest absolute Gasteiger partial charge is 0.465 e. The number of carbonyl (C=O) groups is 1. The maximum absolute atomic E-state index is 11.3. The summed E-state index contributed by atoms with van der Waals surface area (Å²) in [7, 11) is 5.17. The van der Waals surface area contributed by atoms with E-state index in [0.717, 1.165) is 10.6 Å². The molecule has 0 amide bonds. The first kappa shape index (κ1) is 14.3. The molecule has 6 nitrogen and oxygen atoms in total. The summed E-state index contributed by atoms with van der Waals surface area (Å²) in [6.45, 7) is 0.606. The van der Waals surface area contributed by atoms with E-state index in [1.165, 1.54) is 18.4 Å². The summed E-state index contributed by atoms with van der Waals surface area (Å²) in [6, 6.07) is 3.59. The molecular weight excluding hydrogens is 276 g/mol. The van der Waals surface area contributed by atoms with E-state index in [4.69, 9.17) is 0 Å². The lowest BCUT2D eigenvalue weighted by molar-refractivity contribution is 0.0606. The third-order valence-electron chi connectivity index (χ3n) is 2.55.